The molecule has 0 fully saturated rings. The van der Waals surface area contributed by atoms with E-state index < -0.39 is 5.63 Å². The number of carbonyl (C=O) groups is 1. The molecule has 2 aromatic heterocycles. The molecule has 0 spiro atoms. The zero-order valence-corrected chi connectivity index (χ0v) is 21.4. The lowest BCUT2D eigenvalue weighted by molar-refractivity contribution is 0.101. The first-order valence-electron chi connectivity index (χ1n) is 9.60. The number of hydrogen-bond donors (Lipinski definition) is 0. The molecule has 0 aliphatic carbocycles. The van der Waals surface area contributed by atoms with E-state index in [0.29, 0.717) is 21.6 Å². The predicted molar refractivity (Wildman–Crippen MR) is 134 cm³/mol. The molecule has 0 atom stereocenters. The number of rotatable bonds is 4. The number of aromatic nitrogens is 1. The van der Waals surface area contributed by atoms with Gasteiger partial charge in [-0.1, -0.05) is 43.6 Å². The van der Waals surface area contributed by atoms with Crippen LogP contribution in [-0.2, 0) is 0 Å². The summed E-state index contributed by atoms with van der Waals surface area (Å²) in [4.78, 5) is 30.0. The van der Waals surface area contributed by atoms with Crippen LogP contribution in [-0.4, -0.2) is 16.5 Å². The average Bonchev–Trinajstić information content (AvgIpc) is 2.75. The summed E-state index contributed by atoms with van der Waals surface area (Å²) in [7, 11) is 0. The van der Waals surface area contributed by atoms with Gasteiger partial charge >= 0.3 is 5.63 Å². The zero-order valence-electron chi connectivity index (χ0n) is 17.4. The largest absolute Gasteiger partial charge is 0.422 e. The van der Waals surface area contributed by atoms with E-state index in [9.17, 15) is 14.9 Å². The fourth-order valence-corrected chi connectivity index (χ4v) is 5.83. The highest BCUT2D eigenvalue weighted by atomic mass is 79.9. The Kier molecular flexibility index (Phi) is 6.26. The van der Waals surface area contributed by atoms with Crippen molar-refractivity contribution in [3.8, 4) is 6.07 Å². The molecule has 0 radical (unpaired) electrons. The Morgan fingerprint density at radius 2 is 1.84 bits per heavy atom. The number of benzene rings is 2. The summed E-state index contributed by atoms with van der Waals surface area (Å²) < 4.78 is 7.22. The first-order chi connectivity index (χ1) is 15.2. The maximum absolute atomic E-state index is 13.0. The van der Waals surface area contributed by atoms with Crippen molar-refractivity contribution >= 4 is 71.1 Å². The molecule has 4 aromatic rings. The van der Waals surface area contributed by atoms with Crippen LogP contribution >= 0.6 is 43.6 Å². The summed E-state index contributed by atoms with van der Waals surface area (Å²) >= 11 is 8.19. The third-order valence-corrected chi connectivity index (χ3v) is 7.57. The lowest BCUT2D eigenvalue weighted by atomic mass is 10.0. The van der Waals surface area contributed by atoms with E-state index in [2.05, 4.69) is 42.9 Å². The highest BCUT2D eigenvalue weighted by Gasteiger charge is 2.19. The van der Waals surface area contributed by atoms with Gasteiger partial charge in [-0.25, -0.2) is 9.78 Å². The number of nitrogens with zero attached hydrogens (tertiary/aromatic N) is 2. The molecule has 5 nitrogen and oxygen atoms in total. The highest BCUT2D eigenvalue weighted by molar-refractivity contribution is 9.11. The van der Waals surface area contributed by atoms with Crippen LogP contribution in [0.3, 0.4) is 0 Å². The summed E-state index contributed by atoms with van der Waals surface area (Å²) in [6, 6.07) is 11.2. The molecule has 4 rings (SSSR count). The van der Waals surface area contributed by atoms with E-state index in [-0.39, 0.29) is 17.1 Å². The molecule has 8 heteroatoms. The number of pyridine rings is 1. The van der Waals surface area contributed by atoms with Gasteiger partial charge in [0.25, 0.3) is 0 Å². The van der Waals surface area contributed by atoms with Gasteiger partial charge in [0, 0.05) is 20.0 Å². The van der Waals surface area contributed by atoms with Crippen molar-refractivity contribution in [2.24, 2.45) is 0 Å². The van der Waals surface area contributed by atoms with Gasteiger partial charge in [0.15, 0.2) is 5.78 Å². The third-order valence-electron chi connectivity index (χ3n) is 5.48. The minimum absolute atomic E-state index is 0.0207. The van der Waals surface area contributed by atoms with Crippen LogP contribution < -0.4 is 5.63 Å². The Balaban J connectivity index is 1.75. The van der Waals surface area contributed by atoms with E-state index in [1.54, 1.807) is 12.1 Å². The first-order valence-corrected chi connectivity index (χ1v) is 12.2. The summed E-state index contributed by atoms with van der Waals surface area (Å²) in [6.07, 6.45) is 0. The lowest BCUT2D eigenvalue weighted by Gasteiger charge is -2.11. The zero-order chi connectivity index (χ0) is 23.2. The van der Waals surface area contributed by atoms with Gasteiger partial charge in [0.1, 0.15) is 22.2 Å². The summed E-state index contributed by atoms with van der Waals surface area (Å²) in [6.45, 7) is 5.65. The second kappa shape index (κ2) is 8.81. The molecule has 0 aliphatic heterocycles. The van der Waals surface area contributed by atoms with Crippen LogP contribution in [0.25, 0.3) is 21.7 Å². The van der Waals surface area contributed by atoms with Gasteiger partial charge in [-0.05, 0) is 73.0 Å². The smallest absolute Gasteiger partial charge is 0.347 e. The maximum Gasteiger partial charge on any atom is 0.347 e. The molecule has 0 N–H and O–H groups in total. The number of Topliss-reactive ketones (excluding diaryl/α,β-unsaturated/α-hetero) is 1. The quantitative estimate of drug-likeness (QED) is 0.118. The van der Waals surface area contributed by atoms with Crippen LogP contribution in [0.4, 0.5) is 0 Å². The number of nitriles is 1. The molecule has 0 saturated heterocycles. The predicted octanol–water partition coefficient (Wildman–Crippen LogP) is 6.64. The fraction of sp³-hybridized carbons (Fsp3) is 0.167. The second-order valence-corrected chi connectivity index (χ2v) is 10.1. The normalized spacial score (nSPS) is 11.1. The number of fused-ring (bicyclic) bond motifs is 3. The van der Waals surface area contributed by atoms with Crippen molar-refractivity contribution in [1.29, 1.82) is 5.26 Å². The Morgan fingerprint density at radius 1 is 1.09 bits per heavy atom. The van der Waals surface area contributed by atoms with Crippen molar-refractivity contribution in [1.82, 2.24) is 4.98 Å². The van der Waals surface area contributed by atoms with Crippen molar-refractivity contribution in [2.75, 3.05) is 5.75 Å². The summed E-state index contributed by atoms with van der Waals surface area (Å²) in [5, 5.41) is 12.5. The molecule has 0 aliphatic rings. The van der Waals surface area contributed by atoms with Crippen molar-refractivity contribution in [3.05, 3.63) is 77.6 Å². The van der Waals surface area contributed by atoms with Gasteiger partial charge in [-0.15, -0.1) is 0 Å². The number of halogens is 2. The Bertz CT molecular complexity index is 1540. The number of ketones is 1. The van der Waals surface area contributed by atoms with Crippen LogP contribution in [0.1, 0.15) is 32.7 Å². The minimum atomic E-state index is -0.679. The standard InChI is InChI=1S/C24H16Br2N2O3S/c1-11-12(2)19(9-27)23(28-13(11)3)32-10-21(29)18-8-17-16-6-14(25)7-20(26)15(16)4-5-22(17)31-24(18)30/h4-8H,10H2,1-3H3. The van der Waals surface area contributed by atoms with E-state index in [1.807, 2.05) is 39.0 Å². The summed E-state index contributed by atoms with van der Waals surface area (Å²) in [5.74, 6) is -0.406. The van der Waals surface area contributed by atoms with Crippen LogP contribution in [0.15, 0.2) is 53.5 Å². The maximum atomic E-state index is 13.0. The average molecular weight is 572 g/mol. The highest BCUT2D eigenvalue weighted by Crippen LogP contribution is 2.34. The molecule has 2 aromatic carbocycles. The first kappa shape index (κ1) is 22.7. The molecular weight excluding hydrogens is 556 g/mol. The Hall–Kier alpha value is -2.47. The molecule has 0 bridgehead atoms. The lowest BCUT2D eigenvalue weighted by Crippen LogP contribution is -2.16. The van der Waals surface area contributed by atoms with Crippen molar-refractivity contribution < 1.29 is 9.21 Å². The van der Waals surface area contributed by atoms with E-state index in [0.717, 1.165) is 48.3 Å². The SMILES string of the molecule is Cc1nc(SCC(=O)c2cc3c(ccc4c(Br)cc(Br)cc43)oc2=O)c(C#N)c(C)c1C. The van der Waals surface area contributed by atoms with Gasteiger partial charge in [-0.3, -0.25) is 4.79 Å². The van der Waals surface area contributed by atoms with E-state index in [1.165, 1.54) is 0 Å². The number of aryl methyl sites for hydroxylation is 1. The molecule has 0 amide bonds. The Morgan fingerprint density at radius 3 is 2.56 bits per heavy atom. The van der Waals surface area contributed by atoms with Crippen LogP contribution in [0.5, 0.6) is 0 Å². The Labute approximate surface area is 205 Å². The molecule has 0 saturated carbocycles. The van der Waals surface area contributed by atoms with E-state index in [4.69, 9.17) is 4.42 Å². The summed E-state index contributed by atoms with van der Waals surface area (Å²) in [5.41, 5.74) is 2.78. The fourth-order valence-electron chi connectivity index (χ4n) is 3.51. The topological polar surface area (TPSA) is 84.0 Å². The number of hydrogen-bond acceptors (Lipinski definition) is 6. The molecule has 160 valence electrons. The van der Waals surface area contributed by atoms with Crippen LogP contribution in [0, 0.1) is 32.1 Å². The number of carbonyl (C=O) groups excluding carboxylic acids is 1. The molecule has 32 heavy (non-hydrogen) atoms. The van der Waals surface area contributed by atoms with Crippen molar-refractivity contribution in [2.45, 2.75) is 25.8 Å². The molecular formula is C24H16Br2N2O3S. The van der Waals surface area contributed by atoms with E-state index >= 15 is 0 Å². The van der Waals surface area contributed by atoms with Crippen LogP contribution in [0.2, 0.25) is 0 Å². The molecule has 0 unspecified atom stereocenters. The monoisotopic (exact) mass is 570 g/mol. The van der Waals surface area contributed by atoms with Gasteiger partial charge < -0.3 is 4.42 Å². The second-order valence-electron chi connectivity index (χ2n) is 7.36. The van der Waals surface area contributed by atoms with Gasteiger partial charge in [0.2, 0.25) is 0 Å². The van der Waals surface area contributed by atoms with Gasteiger partial charge in [0.05, 0.1) is 11.3 Å². The van der Waals surface area contributed by atoms with Gasteiger partial charge in [-0.2, -0.15) is 5.26 Å². The van der Waals surface area contributed by atoms with Crippen molar-refractivity contribution in [3.63, 3.8) is 0 Å². The number of thioether (sulfide) groups is 1. The third kappa shape index (κ3) is 4.01. The minimum Gasteiger partial charge on any atom is -0.422 e. The molecule has 2 heterocycles.